The quantitative estimate of drug-likeness (QED) is 0.722. The van der Waals surface area contributed by atoms with Gasteiger partial charge in [-0.1, -0.05) is 61.8 Å². The Morgan fingerprint density at radius 3 is 2.38 bits per heavy atom. The van der Waals surface area contributed by atoms with E-state index in [1.54, 1.807) is 0 Å². The molecular weight excluding hydrogens is 343 g/mol. The number of carbonyl (C=O) groups is 1. The first kappa shape index (κ1) is 20.3. The van der Waals surface area contributed by atoms with Gasteiger partial charge in [0.25, 0.3) is 0 Å². The van der Waals surface area contributed by atoms with Crippen molar-refractivity contribution in [1.29, 1.82) is 0 Å². The average molecular weight is 367 g/mol. The van der Waals surface area contributed by atoms with Gasteiger partial charge in [0.05, 0.1) is 6.04 Å². The predicted molar refractivity (Wildman–Crippen MR) is 104 cm³/mol. The summed E-state index contributed by atoms with van der Waals surface area (Å²) in [6.07, 6.45) is 1.04. The Balaban J connectivity index is 0.00000288. The second-order valence-electron chi connectivity index (χ2n) is 6.01. The summed E-state index contributed by atoms with van der Waals surface area (Å²) in [7, 11) is 0. The lowest BCUT2D eigenvalue weighted by molar-refractivity contribution is -0.122. The molecule has 0 saturated carbocycles. The molecule has 2 aromatic carbocycles. The van der Waals surface area contributed by atoms with Gasteiger partial charge in [-0.25, -0.2) is 0 Å². The number of hydrogen-bond acceptors (Lipinski definition) is 2. The SMILES string of the molecule is CC(C)C(NC(=O)CCc1ccccc1N)c1ccccc1Cl.Cl. The number of nitrogens with one attached hydrogen (secondary N) is 1. The molecule has 0 radical (unpaired) electrons. The molecule has 2 rings (SSSR count). The first-order valence-corrected chi connectivity index (χ1v) is 8.24. The van der Waals surface area contributed by atoms with Gasteiger partial charge in [0.1, 0.15) is 0 Å². The zero-order valence-corrected chi connectivity index (χ0v) is 15.5. The third-order valence-corrected chi connectivity index (χ3v) is 4.24. The zero-order valence-electron chi connectivity index (χ0n) is 14.0. The summed E-state index contributed by atoms with van der Waals surface area (Å²) in [5.74, 6) is 0.257. The molecule has 0 fully saturated rings. The van der Waals surface area contributed by atoms with E-state index in [9.17, 15) is 4.79 Å². The lowest BCUT2D eigenvalue weighted by atomic mass is 9.95. The lowest BCUT2D eigenvalue weighted by Crippen LogP contribution is -2.32. The molecule has 0 saturated heterocycles. The minimum Gasteiger partial charge on any atom is -0.399 e. The average Bonchev–Trinajstić information content (AvgIpc) is 2.52. The van der Waals surface area contributed by atoms with E-state index in [1.165, 1.54) is 0 Å². The number of nitrogen functional groups attached to an aromatic ring is 1. The van der Waals surface area contributed by atoms with Crippen LogP contribution in [0.1, 0.15) is 37.4 Å². The third-order valence-electron chi connectivity index (χ3n) is 3.90. The van der Waals surface area contributed by atoms with Crippen LogP contribution in [-0.2, 0) is 11.2 Å². The molecule has 0 heterocycles. The molecule has 3 N–H and O–H groups in total. The Bertz CT molecular complexity index is 674. The van der Waals surface area contributed by atoms with E-state index in [0.717, 1.165) is 16.8 Å². The van der Waals surface area contributed by atoms with Crippen molar-refractivity contribution in [2.24, 2.45) is 5.92 Å². The van der Waals surface area contributed by atoms with Gasteiger partial charge in [0.2, 0.25) is 5.91 Å². The monoisotopic (exact) mass is 366 g/mol. The number of para-hydroxylation sites is 1. The largest absolute Gasteiger partial charge is 0.399 e. The molecule has 0 bridgehead atoms. The van der Waals surface area contributed by atoms with Gasteiger partial charge < -0.3 is 11.1 Å². The summed E-state index contributed by atoms with van der Waals surface area (Å²) >= 11 is 6.27. The first-order valence-electron chi connectivity index (χ1n) is 7.86. The zero-order chi connectivity index (χ0) is 16.8. The number of benzene rings is 2. The van der Waals surface area contributed by atoms with Crippen molar-refractivity contribution in [2.75, 3.05) is 5.73 Å². The molecule has 130 valence electrons. The minimum absolute atomic E-state index is 0. The summed E-state index contributed by atoms with van der Waals surface area (Å²) < 4.78 is 0. The number of hydrogen-bond donors (Lipinski definition) is 2. The molecule has 0 spiro atoms. The highest BCUT2D eigenvalue weighted by Gasteiger charge is 2.20. The molecule has 0 aromatic heterocycles. The van der Waals surface area contributed by atoms with Gasteiger partial charge in [-0.15, -0.1) is 12.4 Å². The Kier molecular flexibility index (Phi) is 8.09. The van der Waals surface area contributed by atoms with Gasteiger partial charge >= 0.3 is 0 Å². The maximum absolute atomic E-state index is 12.3. The Labute approximate surface area is 155 Å². The lowest BCUT2D eigenvalue weighted by Gasteiger charge is -2.24. The third kappa shape index (κ3) is 5.43. The highest BCUT2D eigenvalue weighted by molar-refractivity contribution is 6.31. The van der Waals surface area contributed by atoms with E-state index in [0.29, 0.717) is 17.9 Å². The number of amides is 1. The number of anilines is 1. The molecular formula is C19H24Cl2N2O. The van der Waals surface area contributed by atoms with E-state index < -0.39 is 0 Å². The molecule has 3 nitrogen and oxygen atoms in total. The van der Waals surface area contributed by atoms with Crippen LogP contribution in [0.15, 0.2) is 48.5 Å². The Morgan fingerprint density at radius 1 is 1.12 bits per heavy atom. The fourth-order valence-corrected chi connectivity index (χ4v) is 2.84. The molecule has 0 aliphatic rings. The minimum atomic E-state index is -0.0932. The van der Waals surface area contributed by atoms with Crippen molar-refractivity contribution in [3.63, 3.8) is 0 Å². The van der Waals surface area contributed by atoms with E-state index in [-0.39, 0.29) is 30.3 Å². The maximum atomic E-state index is 12.3. The fourth-order valence-electron chi connectivity index (χ4n) is 2.59. The van der Waals surface area contributed by atoms with E-state index in [2.05, 4.69) is 19.2 Å². The topological polar surface area (TPSA) is 55.1 Å². The normalized spacial score (nSPS) is 11.7. The highest BCUT2D eigenvalue weighted by Crippen LogP contribution is 2.28. The molecule has 1 amide bonds. The van der Waals surface area contributed by atoms with Crippen LogP contribution in [0.4, 0.5) is 5.69 Å². The van der Waals surface area contributed by atoms with Gasteiger partial charge in [-0.2, -0.15) is 0 Å². The number of halogens is 2. The van der Waals surface area contributed by atoms with Crippen molar-refractivity contribution < 1.29 is 4.79 Å². The predicted octanol–water partition coefficient (Wildman–Crippen LogP) is 4.79. The van der Waals surface area contributed by atoms with Gasteiger partial charge in [-0.3, -0.25) is 4.79 Å². The summed E-state index contributed by atoms with van der Waals surface area (Å²) in [5.41, 5.74) is 8.60. The van der Waals surface area contributed by atoms with Crippen molar-refractivity contribution >= 4 is 35.6 Å². The van der Waals surface area contributed by atoms with Crippen LogP contribution < -0.4 is 11.1 Å². The molecule has 0 aliphatic carbocycles. The van der Waals surface area contributed by atoms with Crippen molar-refractivity contribution in [2.45, 2.75) is 32.7 Å². The standard InChI is InChI=1S/C19H23ClN2O.ClH/c1-13(2)19(15-8-4-5-9-16(15)20)22-18(23)12-11-14-7-3-6-10-17(14)21;/h3-10,13,19H,11-12,21H2,1-2H3,(H,22,23);1H. The molecule has 2 aromatic rings. The van der Waals surface area contributed by atoms with E-state index >= 15 is 0 Å². The summed E-state index contributed by atoms with van der Waals surface area (Å²) in [6.45, 7) is 4.15. The van der Waals surface area contributed by atoms with Crippen LogP contribution in [0, 0.1) is 5.92 Å². The Hall–Kier alpha value is -1.71. The second-order valence-corrected chi connectivity index (χ2v) is 6.42. The molecule has 1 unspecified atom stereocenters. The smallest absolute Gasteiger partial charge is 0.220 e. The number of rotatable bonds is 6. The number of nitrogens with two attached hydrogens (primary N) is 1. The van der Waals surface area contributed by atoms with Crippen molar-refractivity contribution in [3.8, 4) is 0 Å². The van der Waals surface area contributed by atoms with Crippen molar-refractivity contribution in [1.82, 2.24) is 5.32 Å². The summed E-state index contributed by atoms with van der Waals surface area (Å²) in [4.78, 5) is 12.3. The summed E-state index contributed by atoms with van der Waals surface area (Å²) in [6, 6.07) is 15.2. The van der Waals surface area contributed by atoms with Crippen LogP contribution >= 0.6 is 24.0 Å². The molecule has 0 aliphatic heterocycles. The van der Waals surface area contributed by atoms with E-state index in [1.807, 2.05) is 48.5 Å². The molecule has 1 atom stereocenters. The second kappa shape index (κ2) is 9.55. The fraction of sp³-hybridized carbons (Fsp3) is 0.316. The van der Waals surface area contributed by atoms with Crippen LogP contribution in [0.3, 0.4) is 0 Å². The first-order chi connectivity index (χ1) is 11.0. The van der Waals surface area contributed by atoms with Crippen molar-refractivity contribution in [3.05, 3.63) is 64.7 Å². The number of carbonyl (C=O) groups excluding carboxylic acids is 1. The van der Waals surface area contributed by atoms with E-state index in [4.69, 9.17) is 17.3 Å². The maximum Gasteiger partial charge on any atom is 0.220 e. The Morgan fingerprint density at radius 2 is 1.75 bits per heavy atom. The number of aryl methyl sites for hydroxylation is 1. The van der Waals surface area contributed by atoms with Crippen LogP contribution in [0.2, 0.25) is 5.02 Å². The summed E-state index contributed by atoms with van der Waals surface area (Å²) in [5, 5.41) is 3.78. The van der Waals surface area contributed by atoms with Gasteiger partial charge in [0, 0.05) is 17.1 Å². The van der Waals surface area contributed by atoms with Gasteiger partial charge in [0.15, 0.2) is 0 Å². The molecule has 24 heavy (non-hydrogen) atoms. The van der Waals surface area contributed by atoms with Gasteiger partial charge in [-0.05, 0) is 35.6 Å². The van der Waals surface area contributed by atoms with Crippen LogP contribution in [-0.4, -0.2) is 5.91 Å². The van der Waals surface area contributed by atoms with Crippen LogP contribution in [0.5, 0.6) is 0 Å². The molecule has 5 heteroatoms. The van der Waals surface area contributed by atoms with Crippen LogP contribution in [0.25, 0.3) is 0 Å². The highest BCUT2D eigenvalue weighted by atomic mass is 35.5.